The topological polar surface area (TPSA) is 74.6 Å². The lowest BCUT2D eigenvalue weighted by Crippen LogP contribution is -2.04. The van der Waals surface area contributed by atoms with Gasteiger partial charge in [-0.25, -0.2) is 9.59 Å². The van der Waals surface area contributed by atoms with E-state index >= 15 is 0 Å². The van der Waals surface area contributed by atoms with Crippen LogP contribution in [0.25, 0.3) is 0 Å². The van der Waals surface area contributed by atoms with Gasteiger partial charge >= 0.3 is 11.9 Å². The van der Waals surface area contributed by atoms with Gasteiger partial charge in [-0.05, 0) is 85.2 Å². The number of benzene rings is 1. The first-order valence-electron chi connectivity index (χ1n) is 5.31. The van der Waals surface area contributed by atoms with Gasteiger partial charge in [0.2, 0.25) is 0 Å². The summed E-state index contributed by atoms with van der Waals surface area (Å²) in [5, 5.41) is 16.5. The van der Waals surface area contributed by atoms with E-state index < -0.39 is 11.9 Å². The summed E-state index contributed by atoms with van der Waals surface area (Å²) < 4.78 is 4.08. The van der Waals surface area contributed by atoms with Crippen LogP contribution in [0.5, 0.6) is 0 Å². The molecule has 9 heteroatoms. The molecule has 120 valence electrons. The zero-order valence-electron chi connectivity index (χ0n) is 10.8. The van der Waals surface area contributed by atoms with Crippen molar-refractivity contribution in [1.82, 2.24) is 0 Å². The van der Waals surface area contributed by atoms with Gasteiger partial charge in [-0.2, -0.15) is 0 Å². The smallest absolute Gasteiger partial charge is 0.331 e. The third-order valence-electron chi connectivity index (χ3n) is 2.17. The van der Waals surface area contributed by atoms with E-state index in [9.17, 15) is 9.59 Å². The molecule has 1 rings (SSSR count). The molecule has 0 amide bonds. The van der Waals surface area contributed by atoms with Crippen LogP contribution in [0, 0.1) is 0 Å². The number of rotatable bonds is 4. The predicted octanol–water partition coefficient (Wildman–Crippen LogP) is 5.94. The molecule has 0 aliphatic rings. The summed E-state index contributed by atoms with van der Waals surface area (Å²) in [6.07, 6.45) is 1.08. The molecule has 2 N–H and O–H groups in total. The Hall–Kier alpha value is 0.0400. The van der Waals surface area contributed by atoms with Crippen LogP contribution in [-0.2, 0) is 16.0 Å². The van der Waals surface area contributed by atoms with Crippen molar-refractivity contribution in [3.63, 3.8) is 0 Å². The Morgan fingerprint density at radius 3 is 1.50 bits per heavy atom. The van der Waals surface area contributed by atoms with E-state index in [-0.39, 0.29) is 12.0 Å². The molecule has 0 atom stereocenters. The Bertz CT molecular complexity index is 611. The first-order valence-corrected chi connectivity index (χ1v) is 9.27. The minimum absolute atomic E-state index is 0.132. The van der Waals surface area contributed by atoms with Crippen molar-refractivity contribution in [3.05, 3.63) is 52.7 Å². The zero-order valence-corrected chi connectivity index (χ0v) is 18.7. The molecule has 0 aliphatic carbocycles. The summed E-state index contributed by atoms with van der Waals surface area (Å²) in [6, 6.07) is 0. The maximum atomic E-state index is 10.8. The monoisotopic (exact) mass is 624 g/mol. The van der Waals surface area contributed by atoms with E-state index in [0.717, 1.165) is 34.0 Å². The largest absolute Gasteiger partial charge is 0.478 e. The summed E-state index contributed by atoms with van der Waals surface area (Å²) in [7, 11) is 0. The Morgan fingerprint density at radius 2 is 1.23 bits per heavy atom. The molecule has 0 saturated carbocycles. The minimum atomic E-state index is -1.00. The lowest BCUT2D eigenvalue weighted by molar-refractivity contribution is -0.133. The molecule has 0 radical (unpaired) electrons. The second kappa shape index (κ2) is 10.0. The summed E-state index contributed by atoms with van der Waals surface area (Å²) in [5.74, 6) is -1.98. The van der Waals surface area contributed by atoms with E-state index in [4.69, 9.17) is 10.2 Å². The molecule has 1 aromatic carbocycles. The zero-order chi connectivity index (χ0) is 17.6. The molecule has 0 aliphatic heterocycles. The first-order chi connectivity index (χ1) is 10.0. The van der Waals surface area contributed by atoms with Crippen LogP contribution in [-0.4, -0.2) is 22.2 Å². The maximum absolute atomic E-state index is 10.8. The number of carboxylic acid groups (broad SMARTS) is 2. The van der Waals surface area contributed by atoms with Gasteiger partial charge in [0.15, 0.2) is 0 Å². The molecular formula is C13H9Br5O4. The summed E-state index contributed by atoms with van der Waals surface area (Å²) >= 11 is 17.1. The van der Waals surface area contributed by atoms with Gasteiger partial charge in [0, 0.05) is 40.4 Å². The van der Waals surface area contributed by atoms with Gasteiger partial charge in [-0.15, -0.1) is 0 Å². The highest BCUT2D eigenvalue weighted by atomic mass is 79.9. The third-order valence-corrected chi connectivity index (χ3v) is 8.43. The van der Waals surface area contributed by atoms with Crippen LogP contribution in [0.1, 0.15) is 5.56 Å². The highest BCUT2D eigenvalue weighted by Gasteiger charge is 2.19. The predicted molar refractivity (Wildman–Crippen MR) is 103 cm³/mol. The fourth-order valence-corrected chi connectivity index (χ4v) is 4.50. The normalized spacial score (nSPS) is 9.50. The van der Waals surface area contributed by atoms with Crippen LogP contribution in [0.4, 0.5) is 0 Å². The number of halogens is 5. The molecular weight excluding hydrogens is 620 g/mol. The fourth-order valence-electron chi connectivity index (χ4n) is 1.09. The van der Waals surface area contributed by atoms with Crippen molar-refractivity contribution in [1.29, 1.82) is 0 Å². The Kier molecular flexibility index (Phi) is 10.0. The number of hydrogen-bond donors (Lipinski definition) is 2. The Morgan fingerprint density at radius 1 is 0.909 bits per heavy atom. The lowest BCUT2D eigenvalue weighted by Gasteiger charge is -2.13. The van der Waals surface area contributed by atoms with Crippen molar-refractivity contribution < 1.29 is 19.8 Å². The van der Waals surface area contributed by atoms with Crippen molar-refractivity contribution in [2.75, 3.05) is 0 Å². The third kappa shape index (κ3) is 6.27. The average molecular weight is 629 g/mol. The molecule has 0 heterocycles. The molecule has 0 unspecified atom stereocenters. The summed E-state index contributed by atoms with van der Waals surface area (Å²) in [4.78, 5) is 20.1. The van der Waals surface area contributed by atoms with E-state index in [0.29, 0.717) is 0 Å². The van der Waals surface area contributed by atoms with Gasteiger partial charge in [0.25, 0.3) is 0 Å². The van der Waals surface area contributed by atoms with Gasteiger partial charge < -0.3 is 10.2 Å². The highest BCUT2D eigenvalue weighted by molar-refractivity contribution is 9.15. The number of aliphatic carboxylic acids is 2. The van der Waals surface area contributed by atoms with E-state index in [1.807, 2.05) is 0 Å². The summed E-state index contributed by atoms with van der Waals surface area (Å²) in [6.45, 7) is 6.49. The Labute approximate surface area is 169 Å². The van der Waals surface area contributed by atoms with Gasteiger partial charge in [-0.3, -0.25) is 0 Å². The van der Waals surface area contributed by atoms with Crippen LogP contribution in [0.2, 0.25) is 0 Å². The van der Waals surface area contributed by atoms with E-state index in [1.165, 1.54) is 0 Å². The molecule has 22 heavy (non-hydrogen) atoms. The van der Waals surface area contributed by atoms with Crippen molar-refractivity contribution in [2.45, 2.75) is 6.42 Å². The minimum Gasteiger partial charge on any atom is -0.478 e. The van der Waals surface area contributed by atoms with Gasteiger partial charge in [-0.1, -0.05) is 13.2 Å². The van der Waals surface area contributed by atoms with Crippen molar-refractivity contribution in [2.24, 2.45) is 0 Å². The quantitative estimate of drug-likeness (QED) is 0.246. The SMILES string of the molecule is C=C(Cc1c(Br)c(Br)c(Br)c(Br)c1Br)C(=O)O.C=CC(=O)O. The number of carboxylic acids is 2. The molecule has 4 nitrogen and oxygen atoms in total. The first kappa shape index (κ1) is 22.0. The van der Waals surface area contributed by atoms with Crippen LogP contribution >= 0.6 is 79.6 Å². The van der Waals surface area contributed by atoms with Gasteiger partial charge in [0.1, 0.15) is 0 Å². The van der Waals surface area contributed by atoms with E-state index in [2.05, 4.69) is 92.8 Å². The van der Waals surface area contributed by atoms with Crippen LogP contribution < -0.4 is 0 Å². The number of hydrogen-bond acceptors (Lipinski definition) is 2. The standard InChI is InChI=1S/C10H5Br5O2.C3H4O2/c1-3(10(16)17)2-4-5(11)7(13)9(15)8(14)6(4)12;1-2-3(4)5/h1-2H2,(H,16,17);2H,1H2,(H,4,5). The lowest BCUT2D eigenvalue weighted by atomic mass is 10.1. The van der Waals surface area contributed by atoms with E-state index in [1.54, 1.807) is 0 Å². The molecule has 0 aromatic heterocycles. The molecule has 0 bridgehead atoms. The maximum Gasteiger partial charge on any atom is 0.331 e. The van der Waals surface area contributed by atoms with Gasteiger partial charge in [0.05, 0.1) is 0 Å². The van der Waals surface area contributed by atoms with Crippen LogP contribution in [0.15, 0.2) is 47.2 Å². The van der Waals surface area contributed by atoms with Crippen molar-refractivity contribution in [3.8, 4) is 0 Å². The molecule has 0 spiro atoms. The highest BCUT2D eigenvalue weighted by Crippen LogP contribution is 2.45. The fraction of sp³-hybridized carbons (Fsp3) is 0.0769. The molecule has 0 saturated heterocycles. The molecule has 1 aromatic rings. The summed E-state index contributed by atoms with van der Waals surface area (Å²) in [5.41, 5.74) is 0.951. The number of carbonyl (C=O) groups is 2. The van der Waals surface area contributed by atoms with Crippen LogP contribution in [0.3, 0.4) is 0 Å². The van der Waals surface area contributed by atoms with Crippen molar-refractivity contribution >= 4 is 91.6 Å². The Balaban J connectivity index is 0.000000763. The molecule has 0 fully saturated rings. The average Bonchev–Trinajstić information content (AvgIpc) is 2.47. The second-order valence-corrected chi connectivity index (χ2v) is 7.64. The second-order valence-electron chi connectivity index (χ2n) is 3.68.